The highest BCUT2D eigenvalue weighted by atomic mass is 16.7. The van der Waals surface area contributed by atoms with E-state index in [4.69, 9.17) is 37.9 Å². The average molecular weight is 1050 g/mol. The second-order valence-corrected chi connectivity index (χ2v) is 24.8. The molecule has 0 aromatic heterocycles. The lowest BCUT2D eigenvalue weighted by molar-refractivity contribution is -0.351. The van der Waals surface area contributed by atoms with E-state index in [0.717, 1.165) is 31.3 Å². The van der Waals surface area contributed by atoms with E-state index in [1.54, 1.807) is 0 Å². The average Bonchev–Trinajstić information content (AvgIpc) is 3.72. The van der Waals surface area contributed by atoms with Gasteiger partial charge in [-0.1, -0.05) is 46.3 Å². The molecule has 0 spiro atoms. The van der Waals surface area contributed by atoms with Crippen molar-refractivity contribution in [1.29, 1.82) is 0 Å². The van der Waals surface area contributed by atoms with Crippen LogP contribution in [0.15, 0.2) is 11.6 Å². The van der Waals surface area contributed by atoms with Crippen LogP contribution in [0.4, 0.5) is 0 Å². The number of hydrogen-bond acceptors (Lipinski definition) is 21. The third-order valence-corrected chi connectivity index (χ3v) is 20.1. The molecule has 0 aromatic rings. The van der Waals surface area contributed by atoms with Crippen molar-refractivity contribution in [2.45, 2.75) is 242 Å². The van der Waals surface area contributed by atoms with Crippen LogP contribution in [0.3, 0.4) is 0 Å². The summed E-state index contributed by atoms with van der Waals surface area (Å²) in [5.41, 5.74) is -1.15. The van der Waals surface area contributed by atoms with Crippen molar-refractivity contribution in [2.75, 3.05) is 26.4 Å². The molecule has 8 fully saturated rings. The molecule has 4 saturated heterocycles. The molecule has 0 bridgehead atoms. The lowest BCUT2D eigenvalue weighted by Crippen LogP contribution is -2.67. The summed E-state index contributed by atoms with van der Waals surface area (Å²) in [7, 11) is 0. The smallest absolute Gasteiger partial charge is 0.187 e. The van der Waals surface area contributed by atoms with Gasteiger partial charge in [-0.05, 0) is 124 Å². The molecular weight excluding hydrogens is 961 g/mol. The van der Waals surface area contributed by atoms with Crippen LogP contribution in [-0.2, 0) is 37.9 Å². The Morgan fingerprint density at radius 2 is 1.21 bits per heavy atom. The summed E-state index contributed by atoms with van der Waals surface area (Å²) in [6.07, 6.45) is -19.4. The second-order valence-electron chi connectivity index (χ2n) is 24.8. The van der Waals surface area contributed by atoms with Gasteiger partial charge in [-0.3, -0.25) is 0 Å². The van der Waals surface area contributed by atoms with Crippen molar-refractivity contribution in [1.82, 2.24) is 0 Å². The van der Waals surface area contributed by atoms with Crippen molar-refractivity contribution >= 4 is 0 Å². The Morgan fingerprint density at radius 3 is 1.88 bits per heavy atom. The molecule has 0 amide bonds. The Bertz CT molecular complexity index is 1890. The SMILES string of the molecule is CC(C)=CCC[C@](C)(O[C@H]1O[C@@H](CO[C@H]2OC[C@@H](O[C@H]3OC[C@@H](O)[C@H](O)[C@H]3O)[C@H](O)[C@H]2O)[C@H](O)[C@@H](O)[C@@H]1O)[C@H]1CC[C@]2(C)[C@@H]1[C@H](O)C[C@@H]1[C@@]3(C)CC[C@H](O[C@H]4O[C@H](CO)[C@@H](O)[C@H](O)[C@H]4O)C(C)(C)[C@H]3CC[C@]12C. The van der Waals surface area contributed by atoms with Gasteiger partial charge in [0, 0.05) is 0 Å². The lowest BCUT2D eigenvalue weighted by Gasteiger charge is -2.71. The largest absolute Gasteiger partial charge is 0.394 e. The molecule has 21 heteroatoms. The summed E-state index contributed by atoms with van der Waals surface area (Å²) in [5.74, 6) is -0.186. The highest BCUT2D eigenvalue weighted by molar-refractivity contribution is 5.20. The second kappa shape index (κ2) is 21.9. The number of hydrogen-bond donors (Lipinski definition) is 13. The fourth-order valence-electron chi connectivity index (χ4n) is 15.7. The van der Waals surface area contributed by atoms with Crippen molar-refractivity contribution < 1.29 is 104 Å². The normalized spacial score (nSPS) is 52.8. The first-order chi connectivity index (χ1) is 34.1. The molecule has 422 valence electrons. The zero-order valence-electron chi connectivity index (χ0n) is 43.7. The van der Waals surface area contributed by atoms with Crippen molar-refractivity contribution in [3.8, 4) is 0 Å². The number of ether oxygens (including phenoxy) is 8. The van der Waals surface area contributed by atoms with Gasteiger partial charge in [-0.2, -0.15) is 0 Å². The first kappa shape index (κ1) is 58.1. The highest BCUT2D eigenvalue weighted by Crippen LogP contribution is 2.76. The molecule has 0 aromatic carbocycles. The van der Waals surface area contributed by atoms with Gasteiger partial charge in [-0.25, -0.2) is 0 Å². The maximum atomic E-state index is 12.7. The van der Waals surface area contributed by atoms with Crippen LogP contribution in [0.5, 0.6) is 0 Å². The van der Waals surface area contributed by atoms with E-state index in [9.17, 15) is 66.4 Å². The first-order valence-electron chi connectivity index (χ1n) is 26.7. The molecule has 0 radical (unpaired) electrons. The maximum absolute atomic E-state index is 12.7. The molecule has 4 aliphatic carbocycles. The minimum atomic E-state index is -1.74. The molecule has 4 aliphatic heterocycles. The Morgan fingerprint density at radius 1 is 0.603 bits per heavy atom. The van der Waals surface area contributed by atoms with E-state index >= 15 is 0 Å². The van der Waals surface area contributed by atoms with Crippen LogP contribution in [0, 0.1) is 45.3 Å². The van der Waals surface area contributed by atoms with Gasteiger partial charge in [0.25, 0.3) is 0 Å². The van der Waals surface area contributed by atoms with E-state index < -0.39 is 141 Å². The Kier molecular flexibility index (Phi) is 17.4. The number of rotatable bonds is 14. The molecule has 21 nitrogen and oxygen atoms in total. The van der Waals surface area contributed by atoms with Gasteiger partial charge >= 0.3 is 0 Å². The topological polar surface area (TPSA) is 337 Å². The van der Waals surface area contributed by atoms with Crippen LogP contribution in [0.25, 0.3) is 0 Å². The lowest BCUT2D eigenvalue weighted by atomic mass is 9.35. The van der Waals surface area contributed by atoms with Gasteiger partial charge in [0.1, 0.15) is 85.5 Å². The minimum absolute atomic E-state index is 0.119. The van der Waals surface area contributed by atoms with Gasteiger partial charge in [-0.15, -0.1) is 0 Å². The van der Waals surface area contributed by atoms with E-state index in [-0.39, 0.29) is 59.2 Å². The highest BCUT2D eigenvalue weighted by Gasteiger charge is 2.72. The van der Waals surface area contributed by atoms with Gasteiger partial charge in [0.05, 0.1) is 44.2 Å². The van der Waals surface area contributed by atoms with E-state index in [0.29, 0.717) is 32.1 Å². The number of fused-ring (bicyclic) bond motifs is 5. The van der Waals surface area contributed by atoms with E-state index in [2.05, 4.69) is 40.7 Å². The van der Waals surface area contributed by atoms with Crippen LogP contribution in [0.1, 0.15) is 113 Å². The predicted molar refractivity (Wildman–Crippen MR) is 254 cm³/mol. The fraction of sp³-hybridized carbons (Fsp3) is 0.962. The van der Waals surface area contributed by atoms with Crippen molar-refractivity contribution in [3.05, 3.63) is 11.6 Å². The molecule has 13 N–H and O–H groups in total. The third-order valence-electron chi connectivity index (χ3n) is 20.1. The van der Waals surface area contributed by atoms with Gasteiger partial charge < -0.3 is 104 Å². The molecule has 73 heavy (non-hydrogen) atoms. The van der Waals surface area contributed by atoms with Crippen LogP contribution < -0.4 is 0 Å². The third kappa shape index (κ3) is 10.3. The maximum Gasteiger partial charge on any atom is 0.187 e. The van der Waals surface area contributed by atoms with Crippen LogP contribution in [0.2, 0.25) is 0 Å². The first-order valence-corrected chi connectivity index (χ1v) is 26.7. The molecule has 4 saturated carbocycles. The minimum Gasteiger partial charge on any atom is -0.394 e. The zero-order valence-corrected chi connectivity index (χ0v) is 43.7. The molecule has 0 unspecified atom stereocenters. The fourth-order valence-corrected chi connectivity index (χ4v) is 15.7. The number of aliphatic hydroxyl groups excluding tert-OH is 13. The summed E-state index contributed by atoms with van der Waals surface area (Å²) in [6.45, 7) is 15.7. The number of aliphatic hydroxyl groups is 13. The summed E-state index contributed by atoms with van der Waals surface area (Å²) in [6, 6.07) is 0. The van der Waals surface area contributed by atoms with Gasteiger partial charge in [0.15, 0.2) is 25.2 Å². The quantitative estimate of drug-likeness (QED) is 0.0739. The molecular formula is C52H88O21. The Balaban J connectivity index is 0.965. The predicted octanol–water partition coefficient (Wildman–Crippen LogP) is -0.924. The summed E-state index contributed by atoms with van der Waals surface area (Å²) in [5, 5.41) is 141. The standard InChI is InChI=1S/C52H88O21/c1-23(2)10-9-14-52(8,73-47-43(65)39(61)36(58)28(71-47)21-67-44-41(63)37(59)29(22-68-44)70-45-40(62)34(56)26(55)20-66-45)24-11-16-51(7)33(24)25(54)18-31-49(5)15-13-32(48(3,4)30(49)12-17-50(31,51)6)72-46-42(64)38(60)35(57)27(19-53)69-46/h10,24-47,53-65H,9,11-22H2,1-8H3/t24-,25+,26+,27+,28-,29+,30+,31+,32-,33-,34-,35+,36-,37-,38-,39+,40+,41+,42+,43-,44-,45+,46+,47+,49-,50+,51+,52-/m0/s1. The van der Waals surface area contributed by atoms with Crippen LogP contribution in [-0.4, -0.2) is 221 Å². The Hall–Kier alpha value is -1.10. The van der Waals surface area contributed by atoms with E-state index in [1.807, 2.05) is 20.8 Å². The monoisotopic (exact) mass is 1050 g/mol. The number of allylic oxidation sites excluding steroid dienone is 2. The molecule has 28 atom stereocenters. The zero-order chi connectivity index (χ0) is 53.5. The van der Waals surface area contributed by atoms with Crippen molar-refractivity contribution in [3.63, 3.8) is 0 Å². The van der Waals surface area contributed by atoms with E-state index in [1.165, 1.54) is 0 Å². The summed E-state index contributed by atoms with van der Waals surface area (Å²) < 4.78 is 47.9. The van der Waals surface area contributed by atoms with Crippen molar-refractivity contribution in [2.24, 2.45) is 45.3 Å². The molecule has 4 heterocycles. The summed E-state index contributed by atoms with van der Waals surface area (Å²) in [4.78, 5) is 0. The van der Waals surface area contributed by atoms with Gasteiger partial charge in [0.2, 0.25) is 0 Å². The summed E-state index contributed by atoms with van der Waals surface area (Å²) >= 11 is 0. The molecule has 8 rings (SSSR count). The molecule has 8 aliphatic rings. The van der Waals surface area contributed by atoms with Crippen LogP contribution >= 0.6 is 0 Å². The Labute approximate surface area is 428 Å².